The van der Waals surface area contributed by atoms with Crippen molar-refractivity contribution in [3.8, 4) is 5.75 Å². The smallest absolute Gasteiger partial charge is 0.311 e. The number of methoxy groups -OCH3 is 1. The van der Waals surface area contributed by atoms with Gasteiger partial charge in [0, 0.05) is 17.8 Å². The van der Waals surface area contributed by atoms with Gasteiger partial charge in [0.2, 0.25) is 5.91 Å². The van der Waals surface area contributed by atoms with Crippen LogP contribution in [0.5, 0.6) is 5.75 Å². The Morgan fingerprint density at radius 1 is 1.38 bits per heavy atom. The first-order valence-corrected chi connectivity index (χ1v) is 9.39. The topological polar surface area (TPSA) is 94.4 Å². The zero-order chi connectivity index (χ0) is 18.7. The molecule has 2 aromatic carbocycles. The standard InChI is InChI=1S/C17H15N3O4S2/c1-10-7-13(20(22)23)14(24-2)8-12(10)18-16(21)9-25-17-19-11-5-3-4-6-15(11)26-17/h3-8H,9H2,1-2H3,(H,18,21). The monoisotopic (exact) mass is 389 g/mol. The van der Waals surface area contributed by atoms with Crippen molar-refractivity contribution in [2.24, 2.45) is 0 Å². The van der Waals surface area contributed by atoms with Gasteiger partial charge in [0.05, 0.1) is 28.0 Å². The Morgan fingerprint density at radius 3 is 2.85 bits per heavy atom. The zero-order valence-electron chi connectivity index (χ0n) is 14.0. The van der Waals surface area contributed by atoms with E-state index in [2.05, 4.69) is 10.3 Å². The van der Waals surface area contributed by atoms with Gasteiger partial charge in [-0.15, -0.1) is 11.3 Å². The van der Waals surface area contributed by atoms with Gasteiger partial charge in [0.25, 0.3) is 0 Å². The van der Waals surface area contributed by atoms with E-state index in [9.17, 15) is 14.9 Å². The third-order valence-electron chi connectivity index (χ3n) is 3.60. The number of nitrogens with zero attached hydrogens (tertiary/aromatic N) is 2. The molecule has 1 N–H and O–H groups in total. The Morgan fingerprint density at radius 2 is 2.15 bits per heavy atom. The van der Waals surface area contributed by atoms with Crippen LogP contribution in [0, 0.1) is 17.0 Å². The highest BCUT2D eigenvalue weighted by molar-refractivity contribution is 8.01. The van der Waals surface area contributed by atoms with Gasteiger partial charge in [-0.05, 0) is 24.6 Å². The summed E-state index contributed by atoms with van der Waals surface area (Å²) in [5.74, 6) is 0.0847. The summed E-state index contributed by atoms with van der Waals surface area (Å²) in [6.07, 6.45) is 0. The van der Waals surface area contributed by atoms with Crippen molar-refractivity contribution >= 4 is 50.6 Å². The fourth-order valence-electron chi connectivity index (χ4n) is 2.34. The molecule has 134 valence electrons. The van der Waals surface area contributed by atoms with Crippen LogP contribution >= 0.6 is 23.1 Å². The first-order chi connectivity index (χ1) is 12.5. The Hall–Kier alpha value is -2.65. The van der Waals surface area contributed by atoms with E-state index in [4.69, 9.17) is 4.74 Å². The number of nitro groups is 1. The quantitative estimate of drug-likeness (QED) is 0.385. The maximum atomic E-state index is 12.2. The minimum Gasteiger partial charge on any atom is -0.490 e. The predicted octanol–water partition coefficient (Wildman–Crippen LogP) is 4.25. The van der Waals surface area contributed by atoms with Gasteiger partial charge in [-0.25, -0.2) is 4.98 Å². The average molecular weight is 389 g/mol. The molecule has 0 atom stereocenters. The first-order valence-electron chi connectivity index (χ1n) is 7.59. The van der Waals surface area contributed by atoms with Crippen LogP contribution in [-0.4, -0.2) is 28.7 Å². The molecule has 0 unspecified atom stereocenters. The van der Waals surface area contributed by atoms with Crippen molar-refractivity contribution in [1.82, 2.24) is 4.98 Å². The molecule has 0 bridgehead atoms. The predicted molar refractivity (Wildman–Crippen MR) is 103 cm³/mol. The molecular formula is C17H15N3O4S2. The van der Waals surface area contributed by atoms with Crippen molar-refractivity contribution in [1.29, 1.82) is 0 Å². The Bertz CT molecular complexity index is 954. The number of hydrogen-bond acceptors (Lipinski definition) is 7. The number of ether oxygens (including phenoxy) is 1. The summed E-state index contributed by atoms with van der Waals surface area (Å²) in [7, 11) is 1.35. The van der Waals surface area contributed by atoms with Crippen molar-refractivity contribution < 1.29 is 14.5 Å². The van der Waals surface area contributed by atoms with Crippen molar-refractivity contribution in [2.75, 3.05) is 18.2 Å². The highest BCUT2D eigenvalue weighted by Crippen LogP contribution is 2.33. The number of anilines is 1. The largest absolute Gasteiger partial charge is 0.490 e. The van der Waals surface area contributed by atoms with Crippen LogP contribution in [0.15, 0.2) is 40.7 Å². The number of rotatable bonds is 6. The van der Waals surface area contributed by atoms with Gasteiger partial charge in [-0.2, -0.15) is 0 Å². The van der Waals surface area contributed by atoms with Gasteiger partial charge in [0.15, 0.2) is 10.1 Å². The summed E-state index contributed by atoms with van der Waals surface area (Å²) >= 11 is 2.89. The second-order valence-electron chi connectivity index (χ2n) is 5.38. The third kappa shape index (κ3) is 3.94. The maximum Gasteiger partial charge on any atom is 0.311 e. The second kappa shape index (κ2) is 7.71. The zero-order valence-corrected chi connectivity index (χ0v) is 15.6. The lowest BCUT2D eigenvalue weighted by Gasteiger charge is -2.10. The molecule has 9 heteroatoms. The molecule has 1 amide bonds. The molecular weight excluding hydrogens is 374 g/mol. The molecule has 1 aromatic heterocycles. The van der Waals surface area contributed by atoms with Crippen LogP contribution in [0.1, 0.15) is 5.56 Å². The molecule has 0 aliphatic heterocycles. The molecule has 0 saturated heterocycles. The van der Waals surface area contributed by atoms with E-state index in [1.807, 2.05) is 24.3 Å². The van der Waals surface area contributed by atoms with E-state index in [0.717, 1.165) is 14.6 Å². The van der Waals surface area contributed by atoms with E-state index in [1.165, 1.54) is 42.3 Å². The van der Waals surface area contributed by atoms with Gasteiger partial charge < -0.3 is 10.1 Å². The van der Waals surface area contributed by atoms with Gasteiger partial charge in [-0.3, -0.25) is 14.9 Å². The summed E-state index contributed by atoms with van der Waals surface area (Å²) in [5.41, 5.74) is 1.86. The molecule has 0 aliphatic carbocycles. The number of carbonyl (C=O) groups excluding carboxylic acids is 1. The molecule has 3 aromatic rings. The molecule has 26 heavy (non-hydrogen) atoms. The number of hydrogen-bond donors (Lipinski definition) is 1. The number of nitro benzene ring substituents is 1. The number of carbonyl (C=O) groups is 1. The number of benzene rings is 2. The molecule has 0 fully saturated rings. The highest BCUT2D eigenvalue weighted by atomic mass is 32.2. The number of aromatic nitrogens is 1. The van der Waals surface area contributed by atoms with E-state index < -0.39 is 4.92 Å². The summed E-state index contributed by atoms with van der Waals surface area (Å²) in [6.45, 7) is 1.70. The maximum absolute atomic E-state index is 12.2. The minimum atomic E-state index is -0.513. The molecule has 0 saturated carbocycles. The Labute approximate surface area is 157 Å². The number of aryl methyl sites for hydroxylation is 1. The molecule has 3 rings (SSSR count). The first kappa shape index (κ1) is 18.2. The SMILES string of the molecule is COc1cc(NC(=O)CSc2nc3ccccc3s2)c(C)cc1[N+](=O)[O-]. The molecule has 7 nitrogen and oxygen atoms in total. The lowest BCUT2D eigenvalue weighted by atomic mass is 10.1. The lowest BCUT2D eigenvalue weighted by molar-refractivity contribution is -0.385. The minimum absolute atomic E-state index is 0.106. The number of thiazole rings is 1. The van der Waals surface area contributed by atoms with Crippen LogP contribution in [0.4, 0.5) is 11.4 Å². The third-order valence-corrected chi connectivity index (χ3v) is 5.78. The van der Waals surface area contributed by atoms with Crippen LogP contribution in [0.3, 0.4) is 0 Å². The van der Waals surface area contributed by atoms with Crippen LogP contribution in [0.2, 0.25) is 0 Å². The summed E-state index contributed by atoms with van der Waals surface area (Å²) in [6, 6.07) is 10.6. The Kier molecular flexibility index (Phi) is 5.38. The Balaban J connectivity index is 1.68. The highest BCUT2D eigenvalue weighted by Gasteiger charge is 2.18. The fraction of sp³-hybridized carbons (Fsp3) is 0.176. The van der Waals surface area contributed by atoms with Crippen molar-refractivity contribution in [3.05, 3.63) is 52.1 Å². The van der Waals surface area contributed by atoms with Gasteiger partial charge in [-0.1, -0.05) is 23.9 Å². The van der Waals surface area contributed by atoms with Crippen LogP contribution < -0.4 is 10.1 Å². The second-order valence-corrected chi connectivity index (χ2v) is 7.63. The normalized spacial score (nSPS) is 10.7. The molecule has 1 heterocycles. The fourth-order valence-corrected chi connectivity index (χ4v) is 4.21. The van der Waals surface area contributed by atoms with Crippen molar-refractivity contribution in [2.45, 2.75) is 11.3 Å². The number of nitrogens with one attached hydrogen (secondary N) is 1. The summed E-state index contributed by atoms with van der Waals surface area (Å²) < 4.78 is 6.93. The van der Waals surface area contributed by atoms with E-state index in [1.54, 1.807) is 6.92 Å². The molecule has 0 spiro atoms. The van der Waals surface area contributed by atoms with Crippen molar-refractivity contribution in [3.63, 3.8) is 0 Å². The van der Waals surface area contributed by atoms with Gasteiger partial charge >= 0.3 is 5.69 Å². The van der Waals surface area contributed by atoms with Crippen LogP contribution in [-0.2, 0) is 4.79 Å². The number of amides is 1. The van der Waals surface area contributed by atoms with E-state index in [-0.39, 0.29) is 23.1 Å². The molecule has 0 aliphatic rings. The summed E-state index contributed by atoms with van der Waals surface area (Å²) in [4.78, 5) is 27.2. The van der Waals surface area contributed by atoms with Crippen LogP contribution in [0.25, 0.3) is 10.2 Å². The number of para-hydroxylation sites is 1. The lowest BCUT2D eigenvalue weighted by Crippen LogP contribution is -2.15. The number of thioether (sulfide) groups is 1. The average Bonchev–Trinajstić information content (AvgIpc) is 3.04. The molecule has 0 radical (unpaired) electrons. The summed E-state index contributed by atoms with van der Waals surface area (Å²) in [5, 5.41) is 13.8. The van der Waals surface area contributed by atoms with E-state index >= 15 is 0 Å². The van der Waals surface area contributed by atoms with E-state index in [0.29, 0.717) is 11.3 Å². The van der Waals surface area contributed by atoms with Gasteiger partial charge in [0.1, 0.15) is 0 Å². The number of fused-ring (bicyclic) bond motifs is 1.